The largest absolute Gasteiger partial charge is 0.339 e. The Hall–Kier alpha value is -1.10. The summed E-state index contributed by atoms with van der Waals surface area (Å²) in [6.07, 6.45) is 0.495. The van der Waals surface area contributed by atoms with Gasteiger partial charge >= 0.3 is 0 Å². The lowest BCUT2D eigenvalue weighted by Crippen LogP contribution is -2.50. The molecule has 1 N–H and O–H groups in total. The summed E-state index contributed by atoms with van der Waals surface area (Å²) in [4.78, 5) is 27.7. The van der Waals surface area contributed by atoms with Crippen LogP contribution >= 0.6 is 0 Å². The topological polar surface area (TPSA) is 52.7 Å². The second kappa shape index (κ2) is 7.07. The van der Waals surface area contributed by atoms with Crippen molar-refractivity contribution >= 4 is 11.8 Å². The average molecular weight is 283 g/mol. The summed E-state index contributed by atoms with van der Waals surface area (Å²) in [5, 5.41) is 3.21. The van der Waals surface area contributed by atoms with Crippen molar-refractivity contribution in [2.24, 2.45) is 11.3 Å². The van der Waals surface area contributed by atoms with Crippen molar-refractivity contribution in [2.75, 3.05) is 39.8 Å². The fourth-order valence-electron chi connectivity index (χ4n) is 2.03. The Kier molecular flexibility index (Phi) is 5.99. The molecular weight excluding hydrogens is 254 g/mol. The van der Waals surface area contributed by atoms with E-state index in [-0.39, 0.29) is 23.8 Å². The van der Waals surface area contributed by atoms with Crippen LogP contribution in [0, 0.1) is 11.3 Å². The number of carbonyl (C=O) groups excluding carboxylic acids is 2. The maximum absolute atomic E-state index is 12.2. The lowest BCUT2D eigenvalue weighted by molar-refractivity contribution is -0.140. The van der Waals surface area contributed by atoms with E-state index in [9.17, 15) is 9.59 Å². The number of nitrogens with one attached hydrogen (secondary N) is 1. The maximum atomic E-state index is 12.2. The van der Waals surface area contributed by atoms with Crippen molar-refractivity contribution in [3.8, 4) is 0 Å². The molecule has 0 saturated carbocycles. The van der Waals surface area contributed by atoms with Gasteiger partial charge in [0.05, 0.1) is 6.54 Å². The van der Waals surface area contributed by atoms with Crippen molar-refractivity contribution in [3.63, 3.8) is 0 Å². The second-order valence-electron chi connectivity index (χ2n) is 6.85. The highest BCUT2D eigenvalue weighted by atomic mass is 16.2. The van der Waals surface area contributed by atoms with Crippen molar-refractivity contribution < 1.29 is 9.59 Å². The summed E-state index contributed by atoms with van der Waals surface area (Å²) in [5.41, 5.74) is 0.110. The third kappa shape index (κ3) is 5.12. The van der Waals surface area contributed by atoms with Gasteiger partial charge in [-0.2, -0.15) is 0 Å². The van der Waals surface area contributed by atoms with Gasteiger partial charge in [-0.3, -0.25) is 9.59 Å². The van der Waals surface area contributed by atoms with Gasteiger partial charge in [-0.05, 0) is 11.3 Å². The molecule has 116 valence electrons. The number of carbonyl (C=O) groups is 2. The molecule has 20 heavy (non-hydrogen) atoms. The minimum absolute atomic E-state index is 0.0470. The molecule has 5 nitrogen and oxygen atoms in total. The van der Waals surface area contributed by atoms with Crippen LogP contribution in [0.5, 0.6) is 0 Å². The van der Waals surface area contributed by atoms with Gasteiger partial charge in [0.15, 0.2) is 0 Å². The number of rotatable bonds is 4. The van der Waals surface area contributed by atoms with E-state index in [0.717, 1.165) is 26.2 Å². The molecule has 0 spiro atoms. The first-order valence-electron chi connectivity index (χ1n) is 7.44. The van der Waals surface area contributed by atoms with Crippen molar-refractivity contribution in [1.82, 2.24) is 15.1 Å². The highest BCUT2D eigenvalue weighted by molar-refractivity contribution is 5.84. The first-order chi connectivity index (χ1) is 9.21. The standard InChI is InChI=1S/C15H29N3O2/c1-12(15(2,3)4)10-13(19)17(5)11-14(20)18-8-6-16-7-9-18/h12,16H,6-11H2,1-5H3. The predicted octanol–water partition coefficient (Wildman–Crippen LogP) is 0.949. The van der Waals surface area contributed by atoms with Crippen LogP contribution in [-0.4, -0.2) is 61.4 Å². The van der Waals surface area contributed by atoms with Gasteiger partial charge in [0.25, 0.3) is 0 Å². The Morgan fingerprint density at radius 3 is 2.30 bits per heavy atom. The lowest BCUT2D eigenvalue weighted by atomic mass is 9.80. The Morgan fingerprint density at radius 2 is 1.80 bits per heavy atom. The van der Waals surface area contributed by atoms with Crippen LogP contribution in [0.25, 0.3) is 0 Å². The fourth-order valence-corrected chi connectivity index (χ4v) is 2.03. The van der Waals surface area contributed by atoms with Gasteiger partial charge in [0.1, 0.15) is 0 Å². The smallest absolute Gasteiger partial charge is 0.242 e. The molecule has 0 aromatic heterocycles. The number of piperazine rings is 1. The van der Waals surface area contributed by atoms with Crippen LogP contribution in [0.4, 0.5) is 0 Å². The van der Waals surface area contributed by atoms with E-state index in [0.29, 0.717) is 12.3 Å². The highest BCUT2D eigenvalue weighted by Crippen LogP contribution is 2.28. The normalized spacial score (nSPS) is 17.8. The monoisotopic (exact) mass is 283 g/mol. The van der Waals surface area contributed by atoms with Crippen LogP contribution in [0.2, 0.25) is 0 Å². The lowest BCUT2D eigenvalue weighted by Gasteiger charge is -2.31. The van der Waals surface area contributed by atoms with E-state index >= 15 is 0 Å². The van der Waals surface area contributed by atoms with Gasteiger partial charge < -0.3 is 15.1 Å². The Bertz CT molecular complexity index is 344. The number of hydrogen-bond donors (Lipinski definition) is 1. The SMILES string of the molecule is CC(CC(=O)N(C)CC(=O)N1CCNCC1)C(C)(C)C. The number of nitrogens with zero attached hydrogens (tertiary/aromatic N) is 2. The van der Waals surface area contributed by atoms with Crippen LogP contribution in [0.15, 0.2) is 0 Å². The van der Waals surface area contributed by atoms with Gasteiger partial charge in [0.2, 0.25) is 11.8 Å². The third-order valence-electron chi connectivity index (χ3n) is 4.23. The molecule has 1 heterocycles. The fraction of sp³-hybridized carbons (Fsp3) is 0.867. The molecule has 5 heteroatoms. The predicted molar refractivity (Wildman–Crippen MR) is 80.3 cm³/mol. The summed E-state index contributed by atoms with van der Waals surface area (Å²) in [6, 6.07) is 0. The number of likely N-dealkylation sites (N-methyl/N-ethyl adjacent to an activating group) is 1. The van der Waals surface area contributed by atoms with Gasteiger partial charge in [-0.15, -0.1) is 0 Å². The molecule has 2 amide bonds. The van der Waals surface area contributed by atoms with E-state index < -0.39 is 0 Å². The summed E-state index contributed by atoms with van der Waals surface area (Å²) < 4.78 is 0. The third-order valence-corrected chi connectivity index (χ3v) is 4.23. The minimum atomic E-state index is 0.0470. The Balaban J connectivity index is 2.43. The van der Waals surface area contributed by atoms with Crippen LogP contribution in [0.3, 0.4) is 0 Å². The summed E-state index contributed by atoms with van der Waals surface area (Å²) in [7, 11) is 1.72. The minimum Gasteiger partial charge on any atom is -0.339 e. The molecule has 1 saturated heterocycles. The maximum Gasteiger partial charge on any atom is 0.242 e. The van der Waals surface area contributed by atoms with Crippen LogP contribution < -0.4 is 5.32 Å². The second-order valence-corrected chi connectivity index (χ2v) is 6.85. The Labute approximate surface area is 122 Å². The molecule has 0 radical (unpaired) electrons. The molecule has 0 aromatic carbocycles. The molecule has 1 fully saturated rings. The molecule has 0 aliphatic carbocycles. The zero-order chi connectivity index (χ0) is 15.3. The van der Waals surface area contributed by atoms with E-state index in [1.165, 1.54) is 0 Å². The van der Waals surface area contributed by atoms with E-state index in [2.05, 4.69) is 33.0 Å². The first kappa shape index (κ1) is 17.0. The molecule has 1 rings (SSSR count). The average Bonchev–Trinajstić information content (AvgIpc) is 2.38. The van der Waals surface area contributed by atoms with Crippen molar-refractivity contribution in [2.45, 2.75) is 34.1 Å². The van der Waals surface area contributed by atoms with Crippen LogP contribution in [0.1, 0.15) is 34.1 Å². The molecule has 1 atom stereocenters. The van der Waals surface area contributed by atoms with Crippen molar-refractivity contribution in [3.05, 3.63) is 0 Å². The zero-order valence-electron chi connectivity index (χ0n) is 13.5. The zero-order valence-corrected chi connectivity index (χ0v) is 13.5. The summed E-state index contributed by atoms with van der Waals surface area (Å²) in [5.74, 6) is 0.397. The molecule has 1 aliphatic heterocycles. The molecule has 1 unspecified atom stereocenters. The van der Waals surface area contributed by atoms with Crippen LogP contribution in [-0.2, 0) is 9.59 Å². The van der Waals surface area contributed by atoms with E-state index in [1.54, 1.807) is 11.9 Å². The quantitative estimate of drug-likeness (QED) is 0.836. The van der Waals surface area contributed by atoms with Gasteiger partial charge in [-0.1, -0.05) is 27.7 Å². The van der Waals surface area contributed by atoms with E-state index in [4.69, 9.17) is 0 Å². The summed E-state index contributed by atoms with van der Waals surface area (Å²) in [6.45, 7) is 11.8. The summed E-state index contributed by atoms with van der Waals surface area (Å²) >= 11 is 0. The first-order valence-corrected chi connectivity index (χ1v) is 7.44. The number of amides is 2. The van der Waals surface area contributed by atoms with Gasteiger partial charge in [-0.25, -0.2) is 0 Å². The molecular formula is C15H29N3O2. The van der Waals surface area contributed by atoms with Crippen molar-refractivity contribution in [1.29, 1.82) is 0 Å². The number of hydrogen-bond acceptors (Lipinski definition) is 3. The van der Waals surface area contributed by atoms with E-state index in [1.807, 2.05) is 4.90 Å². The molecule has 0 aromatic rings. The molecule has 0 bridgehead atoms. The molecule has 1 aliphatic rings. The highest BCUT2D eigenvalue weighted by Gasteiger charge is 2.25. The van der Waals surface area contributed by atoms with Gasteiger partial charge in [0, 0.05) is 39.6 Å². The Morgan fingerprint density at radius 1 is 1.25 bits per heavy atom.